The van der Waals surface area contributed by atoms with Crippen LogP contribution in [0.3, 0.4) is 0 Å². The summed E-state index contributed by atoms with van der Waals surface area (Å²) in [5, 5.41) is 4.39. The maximum atomic E-state index is 5.89. The van der Waals surface area contributed by atoms with Gasteiger partial charge < -0.3 is 4.90 Å². The van der Waals surface area contributed by atoms with E-state index in [2.05, 4.69) is 59.0 Å². The number of rotatable bonds is 6. The number of anilines is 1. The summed E-state index contributed by atoms with van der Waals surface area (Å²) in [6, 6.07) is 11.3. The van der Waals surface area contributed by atoms with Gasteiger partial charge in [0.15, 0.2) is 5.82 Å². The number of aromatic nitrogens is 5. The molecular weight excluding hydrogens is 424 g/mol. The molecule has 5 rings (SSSR count). The number of aryl methyl sites for hydroxylation is 2. The Labute approximate surface area is 193 Å². The minimum atomic E-state index is 0.577. The van der Waals surface area contributed by atoms with Gasteiger partial charge in [-0.15, -0.1) is 11.6 Å². The van der Waals surface area contributed by atoms with Crippen LogP contribution in [0.4, 0.5) is 5.82 Å². The Morgan fingerprint density at radius 1 is 0.906 bits per heavy atom. The summed E-state index contributed by atoms with van der Waals surface area (Å²) >= 11 is 5.89. The average molecular weight is 453 g/mol. The predicted molar refractivity (Wildman–Crippen MR) is 125 cm³/mol. The lowest BCUT2D eigenvalue weighted by Gasteiger charge is -2.48. The summed E-state index contributed by atoms with van der Waals surface area (Å²) in [6.07, 6.45) is 1.70. The van der Waals surface area contributed by atoms with E-state index in [0.717, 1.165) is 69.1 Å². The van der Waals surface area contributed by atoms with E-state index in [1.165, 1.54) is 11.1 Å². The Morgan fingerprint density at radius 3 is 2.25 bits per heavy atom. The summed E-state index contributed by atoms with van der Waals surface area (Å²) in [7, 11) is 0. The van der Waals surface area contributed by atoms with Gasteiger partial charge in [0, 0.05) is 63.8 Å². The van der Waals surface area contributed by atoms with Crippen LogP contribution >= 0.6 is 11.6 Å². The van der Waals surface area contributed by atoms with E-state index in [1.54, 1.807) is 11.0 Å². The van der Waals surface area contributed by atoms with Crippen molar-refractivity contribution in [3.63, 3.8) is 0 Å². The van der Waals surface area contributed by atoms with Crippen molar-refractivity contribution in [1.82, 2.24) is 34.5 Å². The molecule has 0 atom stereocenters. The Morgan fingerprint density at radius 2 is 1.59 bits per heavy atom. The Bertz CT molecular complexity index is 1050. The van der Waals surface area contributed by atoms with Crippen molar-refractivity contribution in [3.8, 4) is 5.82 Å². The van der Waals surface area contributed by atoms with Gasteiger partial charge in [0.2, 0.25) is 0 Å². The highest BCUT2D eigenvalue weighted by molar-refractivity contribution is 6.17. The van der Waals surface area contributed by atoms with Crippen molar-refractivity contribution >= 4 is 17.4 Å². The van der Waals surface area contributed by atoms with Gasteiger partial charge in [0.05, 0.1) is 0 Å². The van der Waals surface area contributed by atoms with Crippen LogP contribution < -0.4 is 4.90 Å². The van der Waals surface area contributed by atoms with Gasteiger partial charge in [-0.1, -0.05) is 24.3 Å². The molecule has 0 aliphatic carbocycles. The monoisotopic (exact) mass is 452 g/mol. The highest BCUT2D eigenvalue weighted by atomic mass is 35.5. The molecule has 0 radical (unpaired) electrons. The number of hydrogen-bond acceptors (Lipinski definition) is 7. The lowest BCUT2D eigenvalue weighted by Crippen LogP contribution is -2.62. The lowest BCUT2D eigenvalue weighted by molar-refractivity contribution is 0.0255. The highest BCUT2D eigenvalue weighted by Gasteiger charge is 2.33. The molecule has 8 nitrogen and oxygen atoms in total. The number of nitrogens with zero attached hydrogens (tertiary/aromatic N) is 8. The SMILES string of the molecule is Cc1nc(N2CCN(C3CN(Cc4ccc(CCl)cc4)C3)CC2)cc(-n2cnc(C)n2)n1. The van der Waals surface area contributed by atoms with E-state index in [4.69, 9.17) is 11.6 Å². The molecule has 32 heavy (non-hydrogen) atoms. The summed E-state index contributed by atoms with van der Waals surface area (Å²) in [4.78, 5) is 20.9. The fraction of sp³-hybridized carbons (Fsp3) is 0.478. The van der Waals surface area contributed by atoms with Gasteiger partial charge in [-0.3, -0.25) is 9.80 Å². The van der Waals surface area contributed by atoms with Crippen molar-refractivity contribution in [2.24, 2.45) is 0 Å². The number of likely N-dealkylation sites (tertiary alicyclic amines) is 1. The van der Waals surface area contributed by atoms with Crippen LogP contribution in [0, 0.1) is 13.8 Å². The zero-order valence-electron chi connectivity index (χ0n) is 18.7. The molecule has 0 spiro atoms. The van der Waals surface area contributed by atoms with Gasteiger partial charge in [-0.05, 0) is 25.0 Å². The van der Waals surface area contributed by atoms with E-state index in [-0.39, 0.29) is 0 Å². The molecule has 4 heterocycles. The van der Waals surface area contributed by atoms with Crippen molar-refractivity contribution in [2.45, 2.75) is 32.3 Å². The summed E-state index contributed by atoms with van der Waals surface area (Å²) < 4.78 is 1.72. The van der Waals surface area contributed by atoms with Gasteiger partial charge in [-0.2, -0.15) is 5.10 Å². The standard InChI is InChI=1S/C23H29ClN8/c1-17-25-16-32(28-17)23-11-22(26-18(2)27-23)31-9-7-30(8-10-31)21-14-29(15-21)13-20-5-3-19(12-24)4-6-20/h3-6,11,16,21H,7-10,12-15H2,1-2H3. The van der Waals surface area contributed by atoms with Crippen LogP contribution in [-0.4, -0.2) is 79.8 Å². The largest absolute Gasteiger partial charge is 0.354 e. The van der Waals surface area contributed by atoms with E-state index in [9.17, 15) is 0 Å². The number of alkyl halides is 1. The summed E-state index contributed by atoms with van der Waals surface area (Å²) in [5.74, 6) is 3.80. The molecule has 2 saturated heterocycles. The topological polar surface area (TPSA) is 66.2 Å². The first-order chi connectivity index (χ1) is 15.6. The van der Waals surface area contributed by atoms with E-state index in [1.807, 2.05) is 19.9 Å². The Balaban J connectivity index is 1.14. The summed E-state index contributed by atoms with van der Waals surface area (Å²) in [6.45, 7) is 11.2. The molecule has 0 unspecified atom stereocenters. The first-order valence-corrected chi connectivity index (χ1v) is 11.7. The zero-order valence-corrected chi connectivity index (χ0v) is 19.4. The Hall–Kier alpha value is -2.55. The average Bonchev–Trinajstić information content (AvgIpc) is 3.22. The molecule has 2 aliphatic rings. The summed E-state index contributed by atoms with van der Waals surface area (Å²) in [5.41, 5.74) is 2.54. The van der Waals surface area contributed by atoms with E-state index in [0.29, 0.717) is 11.9 Å². The van der Waals surface area contributed by atoms with Gasteiger partial charge in [0.1, 0.15) is 23.8 Å². The number of piperazine rings is 1. The second-order valence-corrected chi connectivity index (χ2v) is 8.96. The fourth-order valence-electron chi connectivity index (χ4n) is 4.48. The van der Waals surface area contributed by atoms with Gasteiger partial charge >= 0.3 is 0 Å². The molecule has 3 aromatic rings. The van der Waals surface area contributed by atoms with E-state index < -0.39 is 0 Å². The third-order valence-corrected chi connectivity index (χ3v) is 6.64. The van der Waals surface area contributed by atoms with Crippen LogP contribution in [0.2, 0.25) is 0 Å². The maximum absolute atomic E-state index is 5.89. The number of benzene rings is 1. The first kappa shape index (κ1) is 21.3. The normalized spacial score (nSPS) is 18.2. The molecule has 2 aromatic heterocycles. The Kier molecular flexibility index (Phi) is 6.08. The molecule has 0 amide bonds. The van der Waals surface area contributed by atoms with Gasteiger partial charge in [-0.25, -0.2) is 19.6 Å². The minimum absolute atomic E-state index is 0.577. The maximum Gasteiger partial charge on any atom is 0.161 e. The van der Waals surface area contributed by atoms with Crippen molar-refractivity contribution in [3.05, 3.63) is 59.4 Å². The fourth-order valence-corrected chi connectivity index (χ4v) is 4.66. The van der Waals surface area contributed by atoms with Crippen LogP contribution in [0.25, 0.3) is 5.82 Å². The van der Waals surface area contributed by atoms with Crippen molar-refractivity contribution in [2.75, 3.05) is 44.2 Å². The van der Waals surface area contributed by atoms with E-state index >= 15 is 0 Å². The molecule has 2 fully saturated rings. The third-order valence-electron chi connectivity index (χ3n) is 6.33. The second kappa shape index (κ2) is 9.13. The van der Waals surface area contributed by atoms with Crippen LogP contribution in [0.1, 0.15) is 22.8 Å². The molecular formula is C23H29ClN8. The number of hydrogen-bond donors (Lipinski definition) is 0. The molecule has 1 aromatic carbocycles. The smallest absolute Gasteiger partial charge is 0.161 e. The predicted octanol–water partition coefficient (Wildman–Crippen LogP) is 2.42. The second-order valence-electron chi connectivity index (χ2n) is 8.69. The third kappa shape index (κ3) is 4.62. The number of halogens is 1. The van der Waals surface area contributed by atoms with Crippen LogP contribution in [0.5, 0.6) is 0 Å². The molecule has 168 valence electrons. The first-order valence-electron chi connectivity index (χ1n) is 11.2. The highest BCUT2D eigenvalue weighted by Crippen LogP contribution is 2.22. The van der Waals surface area contributed by atoms with Gasteiger partial charge in [0.25, 0.3) is 0 Å². The van der Waals surface area contributed by atoms with Crippen LogP contribution in [0.15, 0.2) is 36.7 Å². The molecule has 2 aliphatic heterocycles. The quantitative estimate of drug-likeness (QED) is 0.532. The molecule has 0 bridgehead atoms. The van der Waals surface area contributed by atoms with Crippen molar-refractivity contribution < 1.29 is 0 Å². The minimum Gasteiger partial charge on any atom is -0.354 e. The van der Waals surface area contributed by atoms with Crippen LogP contribution in [-0.2, 0) is 12.4 Å². The lowest BCUT2D eigenvalue weighted by atomic mass is 10.0. The molecule has 0 saturated carbocycles. The molecule has 9 heteroatoms. The molecule has 0 N–H and O–H groups in total. The zero-order chi connectivity index (χ0) is 22.1. The van der Waals surface area contributed by atoms with Crippen molar-refractivity contribution in [1.29, 1.82) is 0 Å².